The fraction of sp³-hybridized carbons (Fsp3) is 0.278. The minimum absolute atomic E-state index is 0.0826. The lowest BCUT2D eigenvalue weighted by molar-refractivity contribution is 0.0738. The summed E-state index contributed by atoms with van der Waals surface area (Å²) in [7, 11) is 0. The van der Waals surface area contributed by atoms with Crippen LogP contribution in [-0.4, -0.2) is 27.5 Å². The topological polar surface area (TPSA) is 59.2 Å². The van der Waals surface area contributed by atoms with E-state index >= 15 is 0 Å². The first-order chi connectivity index (χ1) is 11.7. The predicted octanol–water partition coefficient (Wildman–Crippen LogP) is 4.08. The Balaban J connectivity index is 1.56. The van der Waals surface area contributed by atoms with E-state index in [-0.39, 0.29) is 11.9 Å². The third kappa shape index (κ3) is 2.73. The van der Waals surface area contributed by atoms with Crippen molar-refractivity contribution in [2.45, 2.75) is 25.8 Å². The molecule has 0 saturated carbocycles. The molecule has 3 heterocycles. The molecular weight excluding hydrogens is 322 g/mol. The number of aryl methyl sites for hydroxylation is 1. The number of amides is 1. The molecule has 0 radical (unpaired) electrons. The summed E-state index contributed by atoms with van der Waals surface area (Å²) in [6.07, 6.45) is 2.08. The molecule has 1 saturated heterocycles. The van der Waals surface area contributed by atoms with Crippen LogP contribution in [0.15, 0.2) is 46.3 Å². The van der Waals surface area contributed by atoms with Crippen LogP contribution in [0.4, 0.5) is 0 Å². The van der Waals surface area contributed by atoms with Gasteiger partial charge in [-0.2, -0.15) is 4.98 Å². The molecule has 1 aromatic carbocycles. The quantitative estimate of drug-likeness (QED) is 0.721. The maximum atomic E-state index is 12.9. The fourth-order valence-electron chi connectivity index (χ4n) is 3.12. The molecule has 0 N–H and O–H groups in total. The summed E-state index contributed by atoms with van der Waals surface area (Å²) in [6, 6.07) is 11.7. The van der Waals surface area contributed by atoms with Gasteiger partial charge in [0.2, 0.25) is 0 Å². The molecule has 2 aromatic heterocycles. The van der Waals surface area contributed by atoms with Crippen molar-refractivity contribution in [1.82, 2.24) is 15.0 Å². The molecule has 122 valence electrons. The van der Waals surface area contributed by atoms with Crippen LogP contribution >= 0.6 is 11.3 Å². The number of hydrogen-bond donors (Lipinski definition) is 0. The Morgan fingerprint density at radius 2 is 2.12 bits per heavy atom. The minimum atomic E-state index is 0.0826. The number of carbonyl (C=O) groups is 1. The van der Waals surface area contributed by atoms with E-state index in [1.807, 2.05) is 35.2 Å². The van der Waals surface area contributed by atoms with Crippen molar-refractivity contribution in [3.8, 4) is 11.5 Å². The largest absolute Gasteiger partial charge is 0.334 e. The Hall–Kier alpha value is -2.47. The van der Waals surface area contributed by atoms with E-state index in [1.54, 1.807) is 18.3 Å². The highest BCUT2D eigenvalue weighted by Gasteiger charge is 2.31. The Labute approximate surface area is 143 Å². The Morgan fingerprint density at radius 3 is 2.79 bits per heavy atom. The van der Waals surface area contributed by atoms with Crippen molar-refractivity contribution >= 4 is 17.2 Å². The maximum absolute atomic E-state index is 12.9. The third-order valence-electron chi connectivity index (χ3n) is 4.29. The lowest BCUT2D eigenvalue weighted by Gasteiger charge is -2.24. The molecule has 3 aromatic rings. The second-order valence-corrected chi connectivity index (χ2v) is 6.88. The number of carbonyl (C=O) groups excluding carboxylic acids is 1. The lowest BCUT2D eigenvalue weighted by atomic mass is 10.1. The summed E-state index contributed by atoms with van der Waals surface area (Å²) in [6.45, 7) is 2.59. The number of nitrogens with zero attached hydrogens (tertiary/aromatic N) is 3. The zero-order valence-electron chi connectivity index (χ0n) is 13.3. The van der Waals surface area contributed by atoms with E-state index in [0.29, 0.717) is 17.3 Å². The summed E-state index contributed by atoms with van der Waals surface area (Å²) in [5.74, 6) is 1.16. The van der Waals surface area contributed by atoms with Gasteiger partial charge in [0.15, 0.2) is 5.82 Å². The van der Waals surface area contributed by atoms with E-state index < -0.39 is 0 Å². The highest BCUT2D eigenvalue weighted by Crippen LogP contribution is 2.35. The van der Waals surface area contributed by atoms with Crippen LogP contribution in [0.2, 0.25) is 0 Å². The molecule has 0 spiro atoms. The van der Waals surface area contributed by atoms with E-state index in [9.17, 15) is 4.79 Å². The molecular formula is C18H17N3O2S. The number of hydrogen-bond acceptors (Lipinski definition) is 5. The highest BCUT2D eigenvalue weighted by molar-refractivity contribution is 7.10. The molecule has 4 rings (SSSR count). The fourth-order valence-corrected chi connectivity index (χ4v) is 4.00. The SMILES string of the molecule is Cc1noc(-c2ccc(C(=O)N3CCCC3c3cccs3)cc2)n1. The van der Waals surface area contributed by atoms with Crippen molar-refractivity contribution in [1.29, 1.82) is 0 Å². The van der Waals surface area contributed by atoms with Gasteiger partial charge in [-0.3, -0.25) is 4.79 Å². The van der Waals surface area contributed by atoms with Gasteiger partial charge in [-0.1, -0.05) is 11.2 Å². The zero-order valence-corrected chi connectivity index (χ0v) is 14.1. The molecule has 6 heteroatoms. The van der Waals surface area contributed by atoms with Crippen molar-refractivity contribution in [2.24, 2.45) is 0 Å². The van der Waals surface area contributed by atoms with E-state index in [4.69, 9.17) is 4.52 Å². The molecule has 1 unspecified atom stereocenters. The zero-order chi connectivity index (χ0) is 16.5. The molecule has 5 nitrogen and oxygen atoms in total. The van der Waals surface area contributed by atoms with Gasteiger partial charge in [-0.05, 0) is 55.5 Å². The van der Waals surface area contributed by atoms with Crippen LogP contribution < -0.4 is 0 Å². The molecule has 1 aliphatic heterocycles. The Bertz CT molecular complexity index is 840. The molecule has 24 heavy (non-hydrogen) atoms. The van der Waals surface area contributed by atoms with Crippen molar-refractivity contribution in [2.75, 3.05) is 6.54 Å². The summed E-state index contributed by atoms with van der Waals surface area (Å²) < 4.78 is 5.16. The molecule has 0 bridgehead atoms. The standard InChI is InChI=1S/C18H17N3O2S/c1-12-19-17(23-20-12)13-6-8-14(9-7-13)18(22)21-10-2-4-15(21)16-5-3-11-24-16/h3,5-9,11,15H,2,4,10H2,1H3. The van der Waals surface area contributed by atoms with Crippen LogP contribution in [0.25, 0.3) is 11.5 Å². The molecule has 0 aliphatic carbocycles. The van der Waals surface area contributed by atoms with Gasteiger partial charge >= 0.3 is 0 Å². The van der Waals surface area contributed by atoms with Crippen molar-refractivity contribution < 1.29 is 9.32 Å². The van der Waals surface area contributed by atoms with Crippen LogP contribution in [-0.2, 0) is 0 Å². The smallest absolute Gasteiger partial charge is 0.257 e. The number of likely N-dealkylation sites (tertiary alicyclic amines) is 1. The van der Waals surface area contributed by atoms with Crippen LogP contribution in [0.5, 0.6) is 0 Å². The van der Waals surface area contributed by atoms with Crippen LogP contribution in [0.3, 0.4) is 0 Å². The van der Waals surface area contributed by atoms with Gasteiger partial charge in [0.25, 0.3) is 11.8 Å². The van der Waals surface area contributed by atoms with Crippen molar-refractivity contribution in [3.05, 3.63) is 58.0 Å². The normalized spacial score (nSPS) is 17.4. The van der Waals surface area contributed by atoms with Gasteiger partial charge in [0.1, 0.15) is 0 Å². The maximum Gasteiger partial charge on any atom is 0.257 e. The summed E-state index contributed by atoms with van der Waals surface area (Å²) in [4.78, 5) is 20.3. The molecule has 1 aliphatic rings. The second-order valence-electron chi connectivity index (χ2n) is 5.90. The first-order valence-electron chi connectivity index (χ1n) is 7.97. The number of thiophene rings is 1. The highest BCUT2D eigenvalue weighted by atomic mass is 32.1. The monoisotopic (exact) mass is 339 g/mol. The summed E-state index contributed by atoms with van der Waals surface area (Å²) >= 11 is 1.72. The molecule has 1 fully saturated rings. The Morgan fingerprint density at radius 1 is 1.29 bits per heavy atom. The lowest BCUT2D eigenvalue weighted by Crippen LogP contribution is -2.30. The average molecular weight is 339 g/mol. The third-order valence-corrected chi connectivity index (χ3v) is 5.27. The van der Waals surface area contributed by atoms with E-state index in [2.05, 4.69) is 21.6 Å². The van der Waals surface area contributed by atoms with E-state index in [0.717, 1.165) is 24.9 Å². The van der Waals surface area contributed by atoms with Gasteiger partial charge in [0, 0.05) is 22.5 Å². The number of aromatic nitrogens is 2. The van der Waals surface area contributed by atoms with Gasteiger partial charge in [-0.25, -0.2) is 0 Å². The summed E-state index contributed by atoms with van der Waals surface area (Å²) in [5, 5.41) is 5.86. The predicted molar refractivity (Wildman–Crippen MR) is 91.8 cm³/mol. The van der Waals surface area contributed by atoms with Gasteiger partial charge in [0.05, 0.1) is 6.04 Å². The van der Waals surface area contributed by atoms with E-state index in [1.165, 1.54) is 4.88 Å². The first kappa shape index (κ1) is 15.1. The Kier molecular flexibility index (Phi) is 3.90. The van der Waals surface area contributed by atoms with Gasteiger partial charge in [-0.15, -0.1) is 11.3 Å². The van der Waals surface area contributed by atoms with Gasteiger partial charge < -0.3 is 9.42 Å². The number of rotatable bonds is 3. The first-order valence-corrected chi connectivity index (χ1v) is 8.85. The van der Waals surface area contributed by atoms with Crippen LogP contribution in [0.1, 0.15) is 39.9 Å². The van der Waals surface area contributed by atoms with Crippen molar-refractivity contribution in [3.63, 3.8) is 0 Å². The number of benzene rings is 1. The second kappa shape index (κ2) is 6.20. The van der Waals surface area contributed by atoms with Crippen LogP contribution in [0, 0.1) is 6.92 Å². The average Bonchev–Trinajstić information content (AvgIpc) is 3.35. The molecule has 1 amide bonds. The molecule has 1 atom stereocenters. The minimum Gasteiger partial charge on any atom is -0.334 e. The summed E-state index contributed by atoms with van der Waals surface area (Å²) in [5.41, 5.74) is 1.52.